The SMILES string of the molecule is CCNC1CCc2c(-c3cc(F)ccc3F)cccc21. The Bertz CT molecular complexity index is 637. The molecule has 2 aromatic rings. The zero-order valence-corrected chi connectivity index (χ0v) is 11.4. The average molecular weight is 273 g/mol. The Kier molecular flexibility index (Phi) is 3.53. The van der Waals surface area contributed by atoms with Crippen molar-refractivity contribution in [1.82, 2.24) is 5.32 Å². The summed E-state index contributed by atoms with van der Waals surface area (Å²) in [6.07, 6.45) is 1.91. The highest BCUT2D eigenvalue weighted by atomic mass is 19.1. The average Bonchev–Trinajstić information content (AvgIpc) is 2.85. The van der Waals surface area contributed by atoms with E-state index in [1.54, 1.807) is 0 Å². The fraction of sp³-hybridized carbons (Fsp3) is 0.294. The van der Waals surface area contributed by atoms with E-state index in [0.717, 1.165) is 36.6 Å². The standard InChI is InChI=1S/C17H17F2N/c1-2-20-17-9-7-13-12(4-3-5-14(13)17)15-10-11(18)6-8-16(15)19/h3-6,8,10,17,20H,2,7,9H2,1H3. The molecule has 3 rings (SSSR count). The summed E-state index contributed by atoms with van der Waals surface area (Å²) in [6, 6.07) is 9.84. The van der Waals surface area contributed by atoms with Gasteiger partial charge >= 0.3 is 0 Å². The van der Waals surface area contributed by atoms with E-state index in [2.05, 4.69) is 18.3 Å². The number of fused-ring (bicyclic) bond motifs is 1. The Balaban J connectivity index is 2.10. The third kappa shape index (κ3) is 2.22. The number of hydrogen-bond acceptors (Lipinski definition) is 1. The molecule has 0 bridgehead atoms. The predicted octanol–water partition coefficient (Wildman–Crippen LogP) is 4.23. The van der Waals surface area contributed by atoms with Gasteiger partial charge in [-0.25, -0.2) is 8.78 Å². The van der Waals surface area contributed by atoms with Crippen LogP contribution in [0.25, 0.3) is 11.1 Å². The van der Waals surface area contributed by atoms with E-state index < -0.39 is 5.82 Å². The molecule has 20 heavy (non-hydrogen) atoms. The van der Waals surface area contributed by atoms with Crippen LogP contribution in [-0.2, 0) is 6.42 Å². The molecule has 0 saturated heterocycles. The molecule has 3 heteroatoms. The van der Waals surface area contributed by atoms with E-state index in [1.165, 1.54) is 17.7 Å². The van der Waals surface area contributed by atoms with Crippen LogP contribution in [0.2, 0.25) is 0 Å². The van der Waals surface area contributed by atoms with Crippen molar-refractivity contribution in [2.45, 2.75) is 25.8 Å². The molecule has 1 N–H and O–H groups in total. The maximum atomic E-state index is 14.0. The molecule has 104 valence electrons. The smallest absolute Gasteiger partial charge is 0.131 e. The van der Waals surface area contributed by atoms with Gasteiger partial charge in [0.1, 0.15) is 11.6 Å². The highest BCUT2D eigenvalue weighted by molar-refractivity contribution is 5.70. The van der Waals surface area contributed by atoms with Crippen molar-refractivity contribution < 1.29 is 8.78 Å². The fourth-order valence-electron chi connectivity index (χ4n) is 3.07. The first kappa shape index (κ1) is 13.3. The summed E-state index contributed by atoms with van der Waals surface area (Å²) in [4.78, 5) is 0. The van der Waals surface area contributed by atoms with Gasteiger partial charge in [-0.15, -0.1) is 0 Å². The highest BCUT2D eigenvalue weighted by Gasteiger charge is 2.24. The van der Waals surface area contributed by atoms with Crippen molar-refractivity contribution in [2.24, 2.45) is 0 Å². The first-order valence-electron chi connectivity index (χ1n) is 7.01. The summed E-state index contributed by atoms with van der Waals surface area (Å²) in [5.74, 6) is -0.771. The highest BCUT2D eigenvalue weighted by Crippen LogP contribution is 2.38. The second kappa shape index (κ2) is 5.33. The van der Waals surface area contributed by atoms with Crippen molar-refractivity contribution in [1.29, 1.82) is 0 Å². The number of rotatable bonds is 3. The number of hydrogen-bond donors (Lipinski definition) is 1. The summed E-state index contributed by atoms with van der Waals surface area (Å²) in [5.41, 5.74) is 3.54. The van der Waals surface area contributed by atoms with Gasteiger partial charge in [0.25, 0.3) is 0 Å². The Morgan fingerprint density at radius 3 is 2.80 bits per heavy atom. The van der Waals surface area contributed by atoms with Gasteiger partial charge in [-0.2, -0.15) is 0 Å². The second-order valence-electron chi connectivity index (χ2n) is 5.15. The van der Waals surface area contributed by atoms with Crippen LogP contribution in [0, 0.1) is 11.6 Å². The molecular weight excluding hydrogens is 256 g/mol. The molecule has 0 aromatic heterocycles. The Morgan fingerprint density at radius 1 is 1.15 bits per heavy atom. The molecule has 2 aromatic carbocycles. The van der Waals surface area contributed by atoms with Crippen LogP contribution in [0.3, 0.4) is 0 Å². The normalized spacial score (nSPS) is 17.2. The minimum Gasteiger partial charge on any atom is -0.310 e. The van der Waals surface area contributed by atoms with Crippen LogP contribution < -0.4 is 5.32 Å². The first-order valence-corrected chi connectivity index (χ1v) is 7.01. The zero-order chi connectivity index (χ0) is 14.1. The Labute approximate surface area is 117 Å². The van der Waals surface area contributed by atoms with E-state index in [9.17, 15) is 8.78 Å². The van der Waals surface area contributed by atoms with E-state index in [4.69, 9.17) is 0 Å². The predicted molar refractivity (Wildman–Crippen MR) is 76.5 cm³/mol. The second-order valence-corrected chi connectivity index (χ2v) is 5.15. The number of nitrogens with one attached hydrogen (secondary N) is 1. The van der Waals surface area contributed by atoms with Crippen LogP contribution in [0.15, 0.2) is 36.4 Å². The third-order valence-corrected chi connectivity index (χ3v) is 3.94. The summed E-state index contributed by atoms with van der Waals surface area (Å²) < 4.78 is 27.4. The maximum absolute atomic E-state index is 14.0. The van der Waals surface area contributed by atoms with Crippen LogP contribution in [0.4, 0.5) is 8.78 Å². The Hall–Kier alpha value is -1.74. The largest absolute Gasteiger partial charge is 0.310 e. The summed E-state index contributed by atoms with van der Waals surface area (Å²) in [7, 11) is 0. The first-order chi connectivity index (χ1) is 9.70. The molecule has 1 nitrogen and oxygen atoms in total. The van der Waals surface area contributed by atoms with E-state index in [-0.39, 0.29) is 5.82 Å². The molecule has 0 spiro atoms. The van der Waals surface area contributed by atoms with Crippen molar-refractivity contribution in [2.75, 3.05) is 6.54 Å². The fourth-order valence-corrected chi connectivity index (χ4v) is 3.07. The van der Waals surface area contributed by atoms with Crippen molar-refractivity contribution >= 4 is 0 Å². The van der Waals surface area contributed by atoms with E-state index in [1.807, 2.05) is 12.1 Å². The van der Waals surface area contributed by atoms with E-state index >= 15 is 0 Å². The molecule has 0 saturated carbocycles. The van der Waals surface area contributed by atoms with Crippen LogP contribution >= 0.6 is 0 Å². The van der Waals surface area contributed by atoms with Crippen LogP contribution in [-0.4, -0.2) is 6.54 Å². The minimum absolute atomic E-state index is 0.326. The number of halogens is 2. The molecule has 1 unspecified atom stereocenters. The van der Waals surface area contributed by atoms with Gasteiger partial charge in [0.15, 0.2) is 0 Å². The van der Waals surface area contributed by atoms with Crippen molar-refractivity contribution in [3.8, 4) is 11.1 Å². The van der Waals surface area contributed by atoms with Crippen molar-refractivity contribution in [3.05, 3.63) is 59.2 Å². The van der Waals surface area contributed by atoms with Crippen LogP contribution in [0.5, 0.6) is 0 Å². The Morgan fingerprint density at radius 2 is 2.00 bits per heavy atom. The maximum Gasteiger partial charge on any atom is 0.131 e. The topological polar surface area (TPSA) is 12.0 Å². The van der Waals surface area contributed by atoms with Gasteiger partial charge in [0.05, 0.1) is 0 Å². The van der Waals surface area contributed by atoms with E-state index in [0.29, 0.717) is 11.6 Å². The van der Waals surface area contributed by atoms with Gasteiger partial charge in [-0.3, -0.25) is 0 Å². The summed E-state index contributed by atoms with van der Waals surface area (Å²) in [5, 5.41) is 3.44. The van der Waals surface area contributed by atoms with Gasteiger partial charge in [0.2, 0.25) is 0 Å². The molecule has 0 heterocycles. The molecule has 1 aliphatic carbocycles. The van der Waals surface area contributed by atoms with Gasteiger partial charge in [-0.1, -0.05) is 25.1 Å². The third-order valence-electron chi connectivity index (χ3n) is 3.94. The lowest BCUT2D eigenvalue weighted by Crippen LogP contribution is -2.18. The van der Waals surface area contributed by atoms with Crippen molar-refractivity contribution in [3.63, 3.8) is 0 Å². The molecule has 1 atom stereocenters. The molecule has 0 amide bonds. The molecule has 0 radical (unpaired) electrons. The summed E-state index contributed by atoms with van der Waals surface area (Å²) >= 11 is 0. The lowest BCUT2D eigenvalue weighted by Gasteiger charge is -2.14. The zero-order valence-electron chi connectivity index (χ0n) is 11.4. The summed E-state index contributed by atoms with van der Waals surface area (Å²) in [6.45, 7) is 2.98. The lowest BCUT2D eigenvalue weighted by atomic mass is 9.96. The van der Waals surface area contributed by atoms with Crippen LogP contribution in [0.1, 0.15) is 30.5 Å². The van der Waals surface area contributed by atoms with Gasteiger partial charge in [-0.05, 0) is 54.3 Å². The molecule has 1 aliphatic rings. The quantitative estimate of drug-likeness (QED) is 0.882. The molecular formula is C17H17F2N. The minimum atomic E-state index is -0.403. The molecule has 0 fully saturated rings. The molecule has 0 aliphatic heterocycles. The monoisotopic (exact) mass is 273 g/mol. The van der Waals surface area contributed by atoms with Gasteiger partial charge in [0, 0.05) is 11.6 Å². The van der Waals surface area contributed by atoms with Gasteiger partial charge < -0.3 is 5.32 Å². The lowest BCUT2D eigenvalue weighted by molar-refractivity contribution is 0.549. The number of benzene rings is 2.